The third-order valence-corrected chi connectivity index (χ3v) is 3.66. The lowest BCUT2D eigenvalue weighted by molar-refractivity contribution is 0.0956. The molecule has 2 rings (SSSR count). The Morgan fingerprint density at radius 1 is 1.38 bits per heavy atom. The molecule has 0 aromatic heterocycles. The van der Waals surface area contributed by atoms with Crippen LogP contribution in [0, 0.1) is 5.92 Å². The average molecular weight is 289 g/mol. The molecule has 0 spiro atoms. The minimum absolute atomic E-state index is 0.0883. The fourth-order valence-corrected chi connectivity index (χ4v) is 2.58. The number of rotatable bonds is 3. The highest BCUT2D eigenvalue weighted by atomic mass is 16.2. The molecule has 1 atom stereocenters. The Bertz CT molecular complexity index is 516. The van der Waals surface area contributed by atoms with E-state index in [0.29, 0.717) is 23.7 Å². The van der Waals surface area contributed by atoms with E-state index in [2.05, 4.69) is 17.6 Å². The molecule has 1 unspecified atom stereocenters. The van der Waals surface area contributed by atoms with Gasteiger partial charge in [0.05, 0.1) is 0 Å². The minimum atomic E-state index is -0.125. The highest BCUT2D eigenvalue weighted by Crippen LogP contribution is 2.17. The zero-order valence-corrected chi connectivity index (χ0v) is 12.7. The van der Waals surface area contributed by atoms with Gasteiger partial charge in [-0.15, -0.1) is 0 Å². The summed E-state index contributed by atoms with van der Waals surface area (Å²) in [5, 5.41) is 5.63. The van der Waals surface area contributed by atoms with E-state index in [1.807, 2.05) is 11.8 Å². The first-order valence-electron chi connectivity index (χ1n) is 7.54. The van der Waals surface area contributed by atoms with Gasteiger partial charge >= 0.3 is 6.03 Å². The molecule has 0 saturated carbocycles. The van der Waals surface area contributed by atoms with Gasteiger partial charge in [0.15, 0.2) is 0 Å². The molecule has 1 aliphatic heterocycles. The maximum atomic E-state index is 12.2. The van der Waals surface area contributed by atoms with Crippen molar-refractivity contribution >= 4 is 17.6 Å². The fraction of sp³-hybridized carbons (Fsp3) is 0.500. The van der Waals surface area contributed by atoms with Gasteiger partial charge in [-0.05, 0) is 43.9 Å². The van der Waals surface area contributed by atoms with E-state index in [9.17, 15) is 9.59 Å². The quantitative estimate of drug-likeness (QED) is 0.898. The van der Waals surface area contributed by atoms with Crippen LogP contribution in [0.4, 0.5) is 10.5 Å². The summed E-state index contributed by atoms with van der Waals surface area (Å²) >= 11 is 0. The summed E-state index contributed by atoms with van der Waals surface area (Å²) in [4.78, 5) is 25.9. The number of nitrogens with zero attached hydrogens (tertiary/aromatic N) is 1. The molecule has 2 N–H and O–H groups in total. The highest BCUT2D eigenvalue weighted by molar-refractivity contribution is 5.96. The highest BCUT2D eigenvalue weighted by Gasteiger charge is 2.20. The molecule has 0 bridgehead atoms. The van der Waals surface area contributed by atoms with Crippen molar-refractivity contribution in [2.75, 3.05) is 25.0 Å². The smallest absolute Gasteiger partial charge is 0.321 e. The third-order valence-electron chi connectivity index (χ3n) is 3.66. The molecule has 114 valence electrons. The Kier molecular flexibility index (Phi) is 5.20. The van der Waals surface area contributed by atoms with Gasteiger partial charge in [0.2, 0.25) is 0 Å². The number of benzene rings is 1. The van der Waals surface area contributed by atoms with Crippen molar-refractivity contribution in [1.29, 1.82) is 0 Å². The van der Waals surface area contributed by atoms with E-state index in [4.69, 9.17) is 0 Å². The maximum Gasteiger partial charge on any atom is 0.321 e. The van der Waals surface area contributed by atoms with Gasteiger partial charge in [-0.3, -0.25) is 4.79 Å². The number of piperidine rings is 1. The van der Waals surface area contributed by atoms with Gasteiger partial charge in [0, 0.05) is 30.9 Å². The minimum Gasteiger partial charge on any atom is -0.352 e. The first kappa shape index (κ1) is 15.4. The summed E-state index contributed by atoms with van der Waals surface area (Å²) in [6.07, 6.45) is 2.23. The second-order valence-electron chi connectivity index (χ2n) is 5.56. The molecule has 1 aromatic carbocycles. The lowest BCUT2D eigenvalue weighted by atomic mass is 10.0. The molecule has 1 heterocycles. The Labute approximate surface area is 125 Å². The zero-order valence-electron chi connectivity index (χ0n) is 12.7. The average Bonchev–Trinajstić information content (AvgIpc) is 2.48. The van der Waals surface area contributed by atoms with E-state index in [-0.39, 0.29) is 11.9 Å². The molecule has 1 saturated heterocycles. The number of nitrogens with one attached hydrogen (secondary N) is 2. The molecular weight excluding hydrogens is 266 g/mol. The zero-order chi connectivity index (χ0) is 15.2. The number of urea groups is 1. The molecule has 1 fully saturated rings. The van der Waals surface area contributed by atoms with Crippen molar-refractivity contribution in [3.8, 4) is 0 Å². The monoisotopic (exact) mass is 289 g/mol. The van der Waals surface area contributed by atoms with Crippen LogP contribution in [0.3, 0.4) is 0 Å². The van der Waals surface area contributed by atoms with Gasteiger partial charge in [-0.25, -0.2) is 4.79 Å². The summed E-state index contributed by atoms with van der Waals surface area (Å²) in [5.41, 5.74) is 1.21. The molecule has 21 heavy (non-hydrogen) atoms. The normalized spacial score (nSPS) is 18.2. The van der Waals surface area contributed by atoms with Crippen LogP contribution in [0.1, 0.15) is 37.0 Å². The maximum absolute atomic E-state index is 12.2. The van der Waals surface area contributed by atoms with Gasteiger partial charge in [0.25, 0.3) is 5.91 Å². The third kappa shape index (κ3) is 4.21. The summed E-state index contributed by atoms with van der Waals surface area (Å²) in [6, 6.07) is 6.93. The number of hydrogen-bond donors (Lipinski definition) is 2. The second-order valence-corrected chi connectivity index (χ2v) is 5.56. The Balaban J connectivity index is 2.00. The van der Waals surface area contributed by atoms with Crippen LogP contribution < -0.4 is 10.6 Å². The topological polar surface area (TPSA) is 61.4 Å². The van der Waals surface area contributed by atoms with E-state index in [1.165, 1.54) is 6.42 Å². The number of amides is 3. The first-order chi connectivity index (χ1) is 10.1. The predicted octanol–water partition coefficient (Wildman–Crippen LogP) is 2.70. The van der Waals surface area contributed by atoms with Crippen molar-refractivity contribution < 1.29 is 9.59 Å². The second kappa shape index (κ2) is 7.11. The standard InChI is InChI=1S/C16H23N3O2/c1-3-17-15(20)13-7-4-8-14(10-13)18-16(21)19-9-5-6-12(2)11-19/h4,7-8,10,12H,3,5-6,9,11H2,1-2H3,(H,17,20)(H,18,21). The number of anilines is 1. The Morgan fingerprint density at radius 2 is 2.19 bits per heavy atom. The van der Waals surface area contributed by atoms with Crippen LogP contribution >= 0.6 is 0 Å². The molecule has 5 heteroatoms. The van der Waals surface area contributed by atoms with E-state index < -0.39 is 0 Å². The lowest BCUT2D eigenvalue weighted by Crippen LogP contribution is -2.41. The number of carbonyl (C=O) groups excluding carboxylic acids is 2. The van der Waals surface area contributed by atoms with Crippen molar-refractivity contribution in [1.82, 2.24) is 10.2 Å². The Morgan fingerprint density at radius 3 is 2.90 bits per heavy atom. The van der Waals surface area contributed by atoms with E-state index >= 15 is 0 Å². The summed E-state index contributed by atoms with van der Waals surface area (Å²) in [5.74, 6) is 0.423. The SMILES string of the molecule is CCNC(=O)c1cccc(NC(=O)N2CCCC(C)C2)c1. The summed E-state index contributed by atoms with van der Waals surface area (Å²) in [7, 11) is 0. The molecule has 1 aliphatic rings. The lowest BCUT2D eigenvalue weighted by Gasteiger charge is -2.30. The van der Waals surface area contributed by atoms with Gasteiger partial charge in [-0.1, -0.05) is 13.0 Å². The van der Waals surface area contributed by atoms with Crippen molar-refractivity contribution in [2.45, 2.75) is 26.7 Å². The van der Waals surface area contributed by atoms with Crippen LogP contribution in [0.5, 0.6) is 0 Å². The molecule has 1 aromatic rings. The van der Waals surface area contributed by atoms with Crippen LogP contribution in [0.15, 0.2) is 24.3 Å². The Hall–Kier alpha value is -2.04. The number of hydrogen-bond acceptors (Lipinski definition) is 2. The molecule has 5 nitrogen and oxygen atoms in total. The number of carbonyl (C=O) groups is 2. The van der Waals surface area contributed by atoms with Gasteiger partial charge in [0.1, 0.15) is 0 Å². The van der Waals surface area contributed by atoms with Gasteiger partial charge < -0.3 is 15.5 Å². The van der Waals surface area contributed by atoms with E-state index in [1.54, 1.807) is 24.3 Å². The molecule has 0 aliphatic carbocycles. The van der Waals surface area contributed by atoms with Crippen molar-refractivity contribution in [3.05, 3.63) is 29.8 Å². The van der Waals surface area contributed by atoms with Crippen molar-refractivity contribution in [2.24, 2.45) is 5.92 Å². The van der Waals surface area contributed by atoms with Crippen LogP contribution in [-0.4, -0.2) is 36.5 Å². The molecule has 3 amide bonds. The first-order valence-corrected chi connectivity index (χ1v) is 7.54. The fourth-order valence-electron chi connectivity index (χ4n) is 2.58. The predicted molar refractivity (Wildman–Crippen MR) is 83.4 cm³/mol. The number of likely N-dealkylation sites (tertiary alicyclic amines) is 1. The van der Waals surface area contributed by atoms with Crippen LogP contribution in [0.2, 0.25) is 0 Å². The van der Waals surface area contributed by atoms with Crippen molar-refractivity contribution in [3.63, 3.8) is 0 Å². The van der Waals surface area contributed by atoms with Gasteiger partial charge in [-0.2, -0.15) is 0 Å². The summed E-state index contributed by atoms with van der Waals surface area (Å²) in [6.45, 7) is 6.21. The molecule has 0 radical (unpaired) electrons. The van der Waals surface area contributed by atoms with Crippen LogP contribution in [-0.2, 0) is 0 Å². The molecular formula is C16H23N3O2. The van der Waals surface area contributed by atoms with Crippen LogP contribution in [0.25, 0.3) is 0 Å². The summed E-state index contributed by atoms with van der Waals surface area (Å²) < 4.78 is 0. The largest absolute Gasteiger partial charge is 0.352 e. The van der Waals surface area contributed by atoms with E-state index in [0.717, 1.165) is 19.5 Å².